The van der Waals surface area contributed by atoms with Crippen molar-refractivity contribution in [1.29, 1.82) is 5.26 Å². The minimum Gasteiger partial charge on any atom is -0.327 e. The Bertz CT molecular complexity index is 222. The first kappa shape index (κ1) is 14.4. The van der Waals surface area contributed by atoms with E-state index >= 15 is 0 Å². The largest absolute Gasteiger partial charge is 0.327 e. The smallest absolute Gasteiger partial charge is 0.0638 e. The van der Waals surface area contributed by atoms with Crippen molar-refractivity contribution in [3.63, 3.8) is 0 Å². The molecular formula is C12H25N3. The van der Waals surface area contributed by atoms with Crippen LogP contribution >= 0.6 is 0 Å². The van der Waals surface area contributed by atoms with E-state index in [1.807, 2.05) is 6.92 Å². The molecule has 0 radical (unpaired) electrons. The fraction of sp³-hybridized carbons (Fsp3) is 0.917. The highest BCUT2D eigenvalue weighted by atomic mass is 15.2. The third-order valence-corrected chi connectivity index (χ3v) is 2.91. The molecular weight excluding hydrogens is 186 g/mol. The van der Waals surface area contributed by atoms with Crippen molar-refractivity contribution in [2.45, 2.75) is 59.2 Å². The van der Waals surface area contributed by atoms with Gasteiger partial charge in [-0.05, 0) is 26.3 Å². The van der Waals surface area contributed by atoms with Crippen LogP contribution in [0.25, 0.3) is 0 Å². The molecule has 2 N–H and O–H groups in total. The molecule has 3 unspecified atom stereocenters. The fourth-order valence-electron chi connectivity index (χ4n) is 2.32. The van der Waals surface area contributed by atoms with Crippen LogP contribution in [-0.4, -0.2) is 30.1 Å². The predicted octanol–water partition coefficient (Wildman–Crippen LogP) is 1.98. The van der Waals surface area contributed by atoms with Crippen LogP contribution in [0.15, 0.2) is 0 Å². The maximum absolute atomic E-state index is 8.70. The van der Waals surface area contributed by atoms with Crippen LogP contribution in [0.3, 0.4) is 0 Å². The number of rotatable bonds is 4. The summed E-state index contributed by atoms with van der Waals surface area (Å²) in [5.41, 5.74) is 6.16. The first-order valence-electron chi connectivity index (χ1n) is 5.56. The van der Waals surface area contributed by atoms with Crippen LogP contribution in [-0.2, 0) is 0 Å². The van der Waals surface area contributed by atoms with Crippen LogP contribution in [0.2, 0.25) is 0 Å². The third kappa shape index (κ3) is 4.19. The van der Waals surface area contributed by atoms with E-state index in [-0.39, 0.29) is 17.5 Å². The van der Waals surface area contributed by atoms with Crippen LogP contribution in [0, 0.1) is 16.7 Å². The lowest BCUT2D eigenvalue weighted by Crippen LogP contribution is -2.54. The molecule has 3 nitrogen and oxygen atoms in total. The topological polar surface area (TPSA) is 53.0 Å². The predicted molar refractivity (Wildman–Crippen MR) is 64.3 cm³/mol. The van der Waals surface area contributed by atoms with Crippen LogP contribution in [0.1, 0.15) is 41.0 Å². The molecule has 88 valence electrons. The van der Waals surface area contributed by atoms with Gasteiger partial charge in [-0.1, -0.05) is 20.8 Å². The monoisotopic (exact) mass is 211 g/mol. The van der Waals surface area contributed by atoms with E-state index in [4.69, 9.17) is 11.0 Å². The molecule has 0 rings (SSSR count). The van der Waals surface area contributed by atoms with Crippen molar-refractivity contribution in [2.24, 2.45) is 11.1 Å². The maximum Gasteiger partial charge on any atom is 0.0638 e. The number of hydrogen-bond donors (Lipinski definition) is 1. The molecule has 0 amide bonds. The molecule has 3 atom stereocenters. The van der Waals surface area contributed by atoms with Gasteiger partial charge in [0.2, 0.25) is 0 Å². The van der Waals surface area contributed by atoms with Crippen molar-refractivity contribution >= 4 is 0 Å². The maximum atomic E-state index is 8.70. The summed E-state index contributed by atoms with van der Waals surface area (Å²) < 4.78 is 0. The highest BCUT2D eigenvalue weighted by molar-refractivity contribution is 4.91. The number of likely N-dealkylation sites (N-methyl/N-ethyl adjacent to an activating group) is 1. The van der Waals surface area contributed by atoms with E-state index in [0.29, 0.717) is 12.5 Å². The normalized spacial score (nSPS) is 18.3. The van der Waals surface area contributed by atoms with Gasteiger partial charge >= 0.3 is 0 Å². The van der Waals surface area contributed by atoms with Gasteiger partial charge in [0.15, 0.2) is 0 Å². The first-order valence-corrected chi connectivity index (χ1v) is 5.56. The summed E-state index contributed by atoms with van der Waals surface area (Å²) in [6.07, 6.45) is 0.551. The minimum atomic E-state index is 0.108. The quantitative estimate of drug-likeness (QED) is 0.773. The summed E-state index contributed by atoms with van der Waals surface area (Å²) in [7, 11) is 2.06. The van der Waals surface area contributed by atoms with Crippen molar-refractivity contribution in [2.75, 3.05) is 7.05 Å². The summed E-state index contributed by atoms with van der Waals surface area (Å²) in [5.74, 6) is 0. The van der Waals surface area contributed by atoms with E-state index in [2.05, 4.69) is 45.7 Å². The van der Waals surface area contributed by atoms with Crippen molar-refractivity contribution in [3.05, 3.63) is 0 Å². The van der Waals surface area contributed by atoms with E-state index < -0.39 is 0 Å². The Morgan fingerprint density at radius 2 is 1.80 bits per heavy atom. The zero-order chi connectivity index (χ0) is 12.2. The lowest BCUT2D eigenvalue weighted by atomic mass is 9.81. The molecule has 0 fully saturated rings. The second-order valence-electron chi connectivity index (χ2n) is 5.55. The second-order valence-corrected chi connectivity index (χ2v) is 5.55. The molecule has 0 aromatic carbocycles. The Morgan fingerprint density at radius 3 is 2.07 bits per heavy atom. The number of nitrogens with zero attached hydrogens (tertiary/aromatic N) is 2. The van der Waals surface area contributed by atoms with Gasteiger partial charge in [0, 0.05) is 18.1 Å². The number of nitrogens with two attached hydrogens (primary N) is 1. The average molecular weight is 211 g/mol. The number of nitriles is 1. The lowest BCUT2D eigenvalue weighted by molar-refractivity contribution is 0.0761. The zero-order valence-electron chi connectivity index (χ0n) is 10.9. The SMILES string of the molecule is CC(N)C(N(C)C(C)CC#N)C(C)(C)C. The van der Waals surface area contributed by atoms with Gasteiger partial charge in [-0.15, -0.1) is 0 Å². The molecule has 0 bridgehead atoms. The Morgan fingerprint density at radius 1 is 1.33 bits per heavy atom. The molecule has 0 aromatic heterocycles. The van der Waals surface area contributed by atoms with Gasteiger partial charge in [0.25, 0.3) is 0 Å². The molecule has 0 saturated carbocycles. The summed E-state index contributed by atoms with van der Waals surface area (Å²) in [6.45, 7) is 10.7. The van der Waals surface area contributed by atoms with Gasteiger partial charge in [0.1, 0.15) is 0 Å². The number of hydrogen-bond acceptors (Lipinski definition) is 3. The molecule has 0 aromatic rings. The van der Waals surface area contributed by atoms with Crippen LogP contribution < -0.4 is 5.73 Å². The van der Waals surface area contributed by atoms with Crippen molar-refractivity contribution < 1.29 is 0 Å². The van der Waals surface area contributed by atoms with Gasteiger partial charge in [-0.3, -0.25) is 4.90 Å². The molecule has 0 aliphatic rings. The Hall–Kier alpha value is -0.590. The van der Waals surface area contributed by atoms with E-state index in [0.717, 1.165) is 0 Å². The van der Waals surface area contributed by atoms with Crippen LogP contribution in [0.5, 0.6) is 0 Å². The van der Waals surface area contributed by atoms with E-state index in [1.165, 1.54) is 0 Å². The standard InChI is InChI=1S/C12H25N3/c1-9(7-8-13)15(6)11(10(2)14)12(3,4)5/h9-11H,7,14H2,1-6H3. The fourth-order valence-corrected chi connectivity index (χ4v) is 2.32. The minimum absolute atomic E-state index is 0.108. The highest BCUT2D eigenvalue weighted by Crippen LogP contribution is 2.27. The molecule has 15 heavy (non-hydrogen) atoms. The van der Waals surface area contributed by atoms with Gasteiger partial charge < -0.3 is 5.73 Å². The molecule has 0 heterocycles. The lowest BCUT2D eigenvalue weighted by Gasteiger charge is -2.43. The summed E-state index contributed by atoms with van der Waals surface area (Å²) >= 11 is 0. The Kier molecular flexibility index (Phi) is 5.27. The first-order chi connectivity index (χ1) is 6.71. The van der Waals surface area contributed by atoms with Gasteiger partial charge in [-0.25, -0.2) is 0 Å². The van der Waals surface area contributed by atoms with Crippen molar-refractivity contribution in [3.8, 4) is 6.07 Å². The van der Waals surface area contributed by atoms with Crippen molar-refractivity contribution in [1.82, 2.24) is 4.90 Å². The van der Waals surface area contributed by atoms with Gasteiger partial charge in [-0.2, -0.15) is 5.26 Å². The Labute approximate surface area is 94.2 Å². The molecule has 0 aliphatic carbocycles. The Balaban J connectivity index is 4.72. The average Bonchev–Trinajstić information content (AvgIpc) is 2.00. The zero-order valence-corrected chi connectivity index (χ0v) is 10.9. The molecule has 0 saturated heterocycles. The molecule has 3 heteroatoms. The second kappa shape index (κ2) is 5.48. The molecule has 0 aliphatic heterocycles. The van der Waals surface area contributed by atoms with Gasteiger partial charge in [0.05, 0.1) is 12.5 Å². The summed E-state index contributed by atoms with van der Waals surface area (Å²) in [4.78, 5) is 2.23. The summed E-state index contributed by atoms with van der Waals surface area (Å²) in [6, 6.07) is 2.87. The van der Waals surface area contributed by atoms with E-state index in [1.54, 1.807) is 0 Å². The van der Waals surface area contributed by atoms with E-state index in [9.17, 15) is 0 Å². The summed E-state index contributed by atoms with van der Waals surface area (Å²) in [5, 5.41) is 8.70. The third-order valence-electron chi connectivity index (χ3n) is 2.91. The van der Waals surface area contributed by atoms with Crippen LogP contribution in [0.4, 0.5) is 0 Å². The highest BCUT2D eigenvalue weighted by Gasteiger charge is 2.33. The molecule has 0 spiro atoms.